The second-order valence-electron chi connectivity index (χ2n) is 2.94. The highest BCUT2D eigenvalue weighted by Gasteiger charge is 2.17. The summed E-state index contributed by atoms with van der Waals surface area (Å²) in [4.78, 5) is 10.7. The highest BCUT2D eigenvalue weighted by atomic mass is 16.6. The number of hydrogen-bond acceptors (Lipinski definition) is 4. The van der Waals surface area contributed by atoms with Gasteiger partial charge in [-0.05, 0) is 25.3 Å². The van der Waals surface area contributed by atoms with Crippen LogP contribution in [0.1, 0.15) is 19.3 Å². The molecule has 1 aliphatic heterocycles. The van der Waals surface area contributed by atoms with Crippen molar-refractivity contribution in [2.24, 2.45) is 0 Å². The molecule has 0 aromatic rings. The Morgan fingerprint density at radius 1 is 1.62 bits per heavy atom. The molecule has 0 spiro atoms. The molecule has 0 aromatic carbocycles. The van der Waals surface area contributed by atoms with Crippen molar-refractivity contribution in [3.05, 3.63) is 12.2 Å². The van der Waals surface area contributed by atoms with Crippen LogP contribution in [0.3, 0.4) is 0 Å². The van der Waals surface area contributed by atoms with Gasteiger partial charge in [-0.15, -0.1) is 0 Å². The molecule has 2 unspecified atom stereocenters. The minimum atomic E-state index is -0.693. The summed E-state index contributed by atoms with van der Waals surface area (Å²) in [6.45, 7) is 0. The van der Waals surface area contributed by atoms with E-state index in [1.165, 1.54) is 13.2 Å². The SMILES string of the molecule is COC(=O)/C=C/C1CCCC(O)O1. The van der Waals surface area contributed by atoms with E-state index in [0.717, 1.165) is 12.8 Å². The van der Waals surface area contributed by atoms with Crippen molar-refractivity contribution in [2.45, 2.75) is 31.7 Å². The van der Waals surface area contributed by atoms with Crippen LogP contribution in [-0.4, -0.2) is 30.6 Å². The van der Waals surface area contributed by atoms with E-state index in [1.807, 2.05) is 0 Å². The smallest absolute Gasteiger partial charge is 0.330 e. The van der Waals surface area contributed by atoms with Crippen LogP contribution in [-0.2, 0) is 14.3 Å². The second-order valence-corrected chi connectivity index (χ2v) is 2.94. The molecule has 13 heavy (non-hydrogen) atoms. The van der Waals surface area contributed by atoms with Crippen LogP contribution < -0.4 is 0 Å². The maximum atomic E-state index is 10.7. The first-order valence-electron chi connectivity index (χ1n) is 4.32. The predicted molar refractivity (Wildman–Crippen MR) is 45.9 cm³/mol. The quantitative estimate of drug-likeness (QED) is 0.507. The zero-order valence-electron chi connectivity index (χ0n) is 7.60. The predicted octanol–water partition coefficient (Wildman–Crippen LogP) is 0.603. The van der Waals surface area contributed by atoms with Gasteiger partial charge in [0.2, 0.25) is 0 Å². The van der Waals surface area contributed by atoms with Gasteiger partial charge in [0.25, 0.3) is 0 Å². The monoisotopic (exact) mass is 186 g/mol. The van der Waals surface area contributed by atoms with Gasteiger partial charge >= 0.3 is 5.97 Å². The highest BCUT2D eigenvalue weighted by Crippen LogP contribution is 2.17. The van der Waals surface area contributed by atoms with Crippen molar-refractivity contribution in [1.82, 2.24) is 0 Å². The van der Waals surface area contributed by atoms with Gasteiger partial charge in [-0.2, -0.15) is 0 Å². The molecule has 4 heteroatoms. The van der Waals surface area contributed by atoms with Crippen LogP contribution >= 0.6 is 0 Å². The Labute approximate surface area is 77.1 Å². The van der Waals surface area contributed by atoms with Crippen molar-refractivity contribution in [1.29, 1.82) is 0 Å². The summed E-state index contributed by atoms with van der Waals surface area (Å²) in [6.07, 6.45) is 4.50. The number of carbonyl (C=O) groups is 1. The molecule has 0 bridgehead atoms. The van der Waals surface area contributed by atoms with Crippen molar-refractivity contribution in [3.8, 4) is 0 Å². The largest absolute Gasteiger partial charge is 0.466 e. The lowest BCUT2D eigenvalue weighted by Gasteiger charge is -2.24. The molecule has 0 amide bonds. The molecule has 1 fully saturated rings. The molecule has 1 N–H and O–H groups in total. The van der Waals surface area contributed by atoms with Crippen LogP contribution in [0.25, 0.3) is 0 Å². The van der Waals surface area contributed by atoms with Crippen molar-refractivity contribution < 1.29 is 19.4 Å². The van der Waals surface area contributed by atoms with Gasteiger partial charge in [0.1, 0.15) is 0 Å². The third-order valence-corrected chi connectivity index (χ3v) is 1.92. The number of hydrogen-bond donors (Lipinski definition) is 1. The van der Waals surface area contributed by atoms with Gasteiger partial charge in [-0.25, -0.2) is 4.79 Å². The maximum Gasteiger partial charge on any atom is 0.330 e. The van der Waals surface area contributed by atoms with E-state index < -0.39 is 12.3 Å². The topological polar surface area (TPSA) is 55.8 Å². The second kappa shape index (κ2) is 4.99. The molecule has 0 radical (unpaired) electrons. The van der Waals surface area contributed by atoms with E-state index in [-0.39, 0.29) is 6.10 Å². The Hall–Kier alpha value is -0.870. The van der Waals surface area contributed by atoms with E-state index in [0.29, 0.717) is 6.42 Å². The molecule has 74 valence electrons. The first-order chi connectivity index (χ1) is 6.22. The van der Waals surface area contributed by atoms with Gasteiger partial charge in [0, 0.05) is 6.08 Å². The average molecular weight is 186 g/mol. The lowest BCUT2D eigenvalue weighted by atomic mass is 10.1. The summed E-state index contributed by atoms with van der Waals surface area (Å²) in [5.41, 5.74) is 0. The summed E-state index contributed by atoms with van der Waals surface area (Å²) in [6, 6.07) is 0. The number of rotatable bonds is 2. The van der Waals surface area contributed by atoms with Gasteiger partial charge in [0.05, 0.1) is 13.2 Å². The van der Waals surface area contributed by atoms with E-state index in [9.17, 15) is 4.79 Å². The molecule has 0 saturated carbocycles. The summed E-state index contributed by atoms with van der Waals surface area (Å²) in [7, 11) is 1.32. The number of carbonyl (C=O) groups excluding carboxylic acids is 1. The maximum absolute atomic E-state index is 10.7. The van der Waals surface area contributed by atoms with Crippen LogP contribution in [0.4, 0.5) is 0 Å². The van der Waals surface area contributed by atoms with Crippen LogP contribution in [0.5, 0.6) is 0 Å². The summed E-state index contributed by atoms with van der Waals surface area (Å²) in [5, 5.41) is 9.13. The zero-order chi connectivity index (χ0) is 9.68. The summed E-state index contributed by atoms with van der Waals surface area (Å²) in [5.74, 6) is -0.399. The average Bonchev–Trinajstić information content (AvgIpc) is 2.14. The zero-order valence-corrected chi connectivity index (χ0v) is 7.60. The minimum Gasteiger partial charge on any atom is -0.466 e. The summed E-state index contributed by atoms with van der Waals surface area (Å²) < 4.78 is 9.57. The Morgan fingerprint density at radius 3 is 3.00 bits per heavy atom. The first kappa shape index (κ1) is 10.2. The lowest BCUT2D eigenvalue weighted by Crippen LogP contribution is -2.25. The number of aliphatic hydroxyl groups is 1. The third kappa shape index (κ3) is 3.57. The molecule has 1 saturated heterocycles. The van der Waals surface area contributed by atoms with Gasteiger partial charge < -0.3 is 14.6 Å². The molecular formula is C9H14O4. The number of aliphatic hydroxyl groups excluding tert-OH is 1. The molecular weight excluding hydrogens is 172 g/mol. The molecule has 0 aliphatic carbocycles. The van der Waals surface area contributed by atoms with Crippen molar-refractivity contribution in [2.75, 3.05) is 7.11 Å². The Morgan fingerprint density at radius 2 is 2.38 bits per heavy atom. The molecule has 1 aliphatic rings. The normalized spacial score (nSPS) is 29.1. The fourth-order valence-electron chi connectivity index (χ4n) is 1.23. The van der Waals surface area contributed by atoms with Crippen LogP contribution in [0.15, 0.2) is 12.2 Å². The number of ether oxygens (including phenoxy) is 2. The van der Waals surface area contributed by atoms with E-state index in [2.05, 4.69) is 4.74 Å². The van der Waals surface area contributed by atoms with E-state index in [1.54, 1.807) is 6.08 Å². The van der Waals surface area contributed by atoms with E-state index in [4.69, 9.17) is 9.84 Å². The molecule has 0 aromatic heterocycles. The Bertz CT molecular complexity index is 200. The first-order valence-corrected chi connectivity index (χ1v) is 4.32. The molecule has 2 atom stereocenters. The van der Waals surface area contributed by atoms with Gasteiger partial charge in [-0.1, -0.05) is 0 Å². The minimum absolute atomic E-state index is 0.164. The van der Waals surface area contributed by atoms with Gasteiger partial charge in [0.15, 0.2) is 6.29 Å². The van der Waals surface area contributed by atoms with Crippen LogP contribution in [0, 0.1) is 0 Å². The van der Waals surface area contributed by atoms with Crippen molar-refractivity contribution >= 4 is 5.97 Å². The van der Waals surface area contributed by atoms with E-state index >= 15 is 0 Å². The lowest BCUT2D eigenvalue weighted by molar-refractivity contribution is -0.148. The summed E-state index contributed by atoms with van der Waals surface area (Å²) >= 11 is 0. The van der Waals surface area contributed by atoms with Crippen LogP contribution in [0.2, 0.25) is 0 Å². The standard InChI is InChI=1S/C9H14O4/c1-12-8(10)6-5-7-3-2-4-9(11)13-7/h5-7,9,11H,2-4H2,1H3/b6-5+. The number of methoxy groups -OCH3 is 1. The number of esters is 1. The van der Waals surface area contributed by atoms with Gasteiger partial charge in [-0.3, -0.25) is 0 Å². The van der Waals surface area contributed by atoms with Crippen molar-refractivity contribution in [3.63, 3.8) is 0 Å². The fourth-order valence-corrected chi connectivity index (χ4v) is 1.23. The molecule has 1 heterocycles. The molecule has 4 nitrogen and oxygen atoms in total. The Balaban J connectivity index is 2.35. The molecule has 1 rings (SSSR count). The fraction of sp³-hybridized carbons (Fsp3) is 0.667. The highest BCUT2D eigenvalue weighted by molar-refractivity contribution is 5.81. The third-order valence-electron chi connectivity index (χ3n) is 1.92. The Kier molecular flexibility index (Phi) is 3.92.